The van der Waals surface area contributed by atoms with Gasteiger partial charge in [0, 0.05) is 36.1 Å². The van der Waals surface area contributed by atoms with E-state index in [-0.39, 0.29) is 17.8 Å². The number of carbonyl (C=O) groups excluding carboxylic acids is 1. The number of nitrogens with one attached hydrogen (secondary N) is 2. The highest BCUT2D eigenvalue weighted by atomic mass is 19.1. The maximum atomic E-state index is 13.2. The number of para-hydroxylation sites is 1. The quantitative estimate of drug-likeness (QED) is 0.628. The van der Waals surface area contributed by atoms with Crippen LogP contribution in [0.25, 0.3) is 10.9 Å². The largest absolute Gasteiger partial charge is 0.351 e. The molecule has 0 spiro atoms. The van der Waals surface area contributed by atoms with Crippen LogP contribution < -0.4 is 5.32 Å². The van der Waals surface area contributed by atoms with Gasteiger partial charge in [0.2, 0.25) is 0 Å². The number of benzene rings is 2. The number of nitrogens with zero attached hydrogens (tertiary/aromatic N) is 1. The molecule has 0 saturated heterocycles. The van der Waals surface area contributed by atoms with Crippen LogP contribution in [0.5, 0.6) is 0 Å². The molecule has 1 aromatic heterocycles. The lowest BCUT2D eigenvalue weighted by atomic mass is 9.89. The van der Waals surface area contributed by atoms with Crippen LogP contribution >= 0.6 is 0 Å². The zero-order valence-corrected chi connectivity index (χ0v) is 16.8. The van der Waals surface area contributed by atoms with E-state index in [4.69, 9.17) is 0 Å². The number of halogens is 1. The molecule has 1 aliphatic carbocycles. The molecule has 2 atom stereocenters. The molecule has 4 nitrogen and oxygen atoms in total. The summed E-state index contributed by atoms with van der Waals surface area (Å²) < 4.78 is 13.1. The van der Waals surface area contributed by atoms with Gasteiger partial charge in [-0.1, -0.05) is 30.3 Å². The monoisotopic (exact) mass is 393 g/mol. The fourth-order valence-electron chi connectivity index (χ4n) is 4.41. The van der Waals surface area contributed by atoms with Crippen molar-refractivity contribution < 1.29 is 9.18 Å². The van der Waals surface area contributed by atoms with Crippen LogP contribution in [0.4, 0.5) is 4.39 Å². The summed E-state index contributed by atoms with van der Waals surface area (Å²) in [6, 6.07) is 17.2. The van der Waals surface area contributed by atoms with E-state index < -0.39 is 0 Å². The summed E-state index contributed by atoms with van der Waals surface area (Å²) in [6.45, 7) is 3.47. The molecule has 2 N–H and O–H groups in total. The molecule has 3 aromatic rings. The minimum atomic E-state index is -0.208. The van der Waals surface area contributed by atoms with Gasteiger partial charge in [0.25, 0.3) is 5.91 Å². The van der Waals surface area contributed by atoms with Gasteiger partial charge in [-0.25, -0.2) is 4.39 Å². The maximum absolute atomic E-state index is 13.2. The van der Waals surface area contributed by atoms with Crippen molar-refractivity contribution in [1.82, 2.24) is 15.2 Å². The first-order valence-electron chi connectivity index (χ1n) is 10.5. The standard InChI is InChI=1S/C24H28FN3O/c1-2-28(24(29)23-14-18-6-3-4-9-22(18)27-23)21-8-5-7-20(15-21)26-16-17-10-12-19(25)13-11-17/h3-4,6,9-14,20-21,26-27H,2,5,7-8,15-16H2,1H3/t20-,21?/m0/s1. The van der Waals surface area contributed by atoms with Gasteiger partial charge in [-0.3, -0.25) is 4.79 Å². The van der Waals surface area contributed by atoms with Crippen molar-refractivity contribution in [2.75, 3.05) is 6.54 Å². The Balaban J connectivity index is 1.41. The Morgan fingerprint density at radius 2 is 1.97 bits per heavy atom. The molecule has 1 fully saturated rings. The lowest BCUT2D eigenvalue weighted by Gasteiger charge is -2.37. The van der Waals surface area contributed by atoms with Gasteiger partial charge in [0.1, 0.15) is 11.5 Å². The van der Waals surface area contributed by atoms with E-state index in [0.29, 0.717) is 18.3 Å². The molecule has 1 unspecified atom stereocenters. The van der Waals surface area contributed by atoms with E-state index in [9.17, 15) is 9.18 Å². The molecule has 152 valence electrons. The fourth-order valence-corrected chi connectivity index (χ4v) is 4.41. The predicted molar refractivity (Wildman–Crippen MR) is 114 cm³/mol. The molecular weight excluding hydrogens is 365 g/mol. The summed E-state index contributed by atoms with van der Waals surface area (Å²) in [4.78, 5) is 18.5. The van der Waals surface area contributed by atoms with Crippen LogP contribution in [0.3, 0.4) is 0 Å². The average molecular weight is 394 g/mol. The van der Waals surface area contributed by atoms with Crippen molar-refractivity contribution >= 4 is 16.8 Å². The van der Waals surface area contributed by atoms with E-state index in [1.165, 1.54) is 12.1 Å². The third-order valence-corrected chi connectivity index (χ3v) is 5.96. The molecule has 0 radical (unpaired) electrons. The number of H-pyrrole nitrogens is 1. The van der Waals surface area contributed by atoms with Crippen molar-refractivity contribution in [2.45, 2.75) is 51.2 Å². The zero-order valence-electron chi connectivity index (χ0n) is 16.8. The SMILES string of the molecule is CCN(C(=O)c1cc2ccccc2[nH]1)C1CCC[C@H](NCc2ccc(F)cc2)C1. The van der Waals surface area contributed by atoms with Gasteiger partial charge in [-0.15, -0.1) is 0 Å². The molecule has 1 saturated carbocycles. The Morgan fingerprint density at radius 1 is 1.17 bits per heavy atom. The number of aromatic amines is 1. The van der Waals surface area contributed by atoms with Gasteiger partial charge in [0.15, 0.2) is 0 Å². The highest BCUT2D eigenvalue weighted by Crippen LogP contribution is 2.26. The van der Waals surface area contributed by atoms with Crippen LogP contribution in [0.2, 0.25) is 0 Å². The minimum Gasteiger partial charge on any atom is -0.351 e. The number of rotatable bonds is 6. The summed E-state index contributed by atoms with van der Waals surface area (Å²) in [5.41, 5.74) is 2.74. The van der Waals surface area contributed by atoms with Crippen molar-refractivity contribution in [2.24, 2.45) is 0 Å². The smallest absolute Gasteiger partial charge is 0.270 e. The Labute approximate surface area is 171 Å². The summed E-state index contributed by atoms with van der Waals surface area (Å²) >= 11 is 0. The third-order valence-electron chi connectivity index (χ3n) is 5.96. The maximum Gasteiger partial charge on any atom is 0.270 e. The van der Waals surface area contributed by atoms with E-state index in [2.05, 4.69) is 17.2 Å². The number of hydrogen-bond acceptors (Lipinski definition) is 2. The summed E-state index contributed by atoms with van der Waals surface area (Å²) in [7, 11) is 0. The Hall–Kier alpha value is -2.66. The number of aromatic nitrogens is 1. The molecule has 1 heterocycles. The Kier molecular flexibility index (Phi) is 5.95. The minimum absolute atomic E-state index is 0.0767. The molecule has 5 heteroatoms. The molecule has 0 bridgehead atoms. The second-order valence-electron chi connectivity index (χ2n) is 7.89. The second kappa shape index (κ2) is 8.78. The first-order valence-corrected chi connectivity index (χ1v) is 10.5. The molecule has 2 aromatic carbocycles. The topological polar surface area (TPSA) is 48.1 Å². The molecule has 0 aliphatic heterocycles. The summed E-state index contributed by atoms with van der Waals surface area (Å²) in [5, 5.41) is 4.66. The first-order chi connectivity index (χ1) is 14.1. The highest BCUT2D eigenvalue weighted by Gasteiger charge is 2.29. The lowest BCUT2D eigenvalue weighted by Crippen LogP contribution is -2.46. The molecular formula is C24H28FN3O. The molecule has 1 amide bonds. The van der Waals surface area contributed by atoms with Crippen LogP contribution in [-0.2, 0) is 6.54 Å². The van der Waals surface area contributed by atoms with E-state index in [0.717, 1.165) is 48.7 Å². The van der Waals surface area contributed by atoms with Gasteiger partial charge in [-0.05, 0) is 62.4 Å². The van der Waals surface area contributed by atoms with Crippen LogP contribution in [0, 0.1) is 5.82 Å². The number of hydrogen-bond donors (Lipinski definition) is 2. The Morgan fingerprint density at radius 3 is 2.72 bits per heavy atom. The first kappa shape index (κ1) is 19.6. The van der Waals surface area contributed by atoms with Crippen LogP contribution in [0.15, 0.2) is 54.6 Å². The van der Waals surface area contributed by atoms with Crippen LogP contribution in [0.1, 0.15) is 48.7 Å². The zero-order chi connectivity index (χ0) is 20.2. The highest BCUT2D eigenvalue weighted by molar-refractivity contribution is 5.98. The molecule has 4 rings (SSSR count). The summed E-state index contributed by atoms with van der Waals surface area (Å²) in [5.74, 6) is -0.131. The van der Waals surface area contributed by atoms with E-state index >= 15 is 0 Å². The van der Waals surface area contributed by atoms with Crippen molar-refractivity contribution in [3.63, 3.8) is 0 Å². The van der Waals surface area contributed by atoms with E-state index in [1.54, 1.807) is 0 Å². The average Bonchev–Trinajstić information content (AvgIpc) is 3.18. The lowest BCUT2D eigenvalue weighted by molar-refractivity contribution is 0.0623. The predicted octanol–water partition coefficient (Wildman–Crippen LogP) is 4.87. The number of amides is 1. The third kappa shape index (κ3) is 4.51. The number of fused-ring (bicyclic) bond motifs is 1. The summed E-state index contributed by atoms with van der Waals surface area (Å²) in [6.07, 6.45) is 4.19. The Bertz CT molecular complexity index is 933. The second-order valence-corrected chi connectivity index (χ2v) is 7.89. The van der Waals surface area contributed by atoms with Crippen molar-refractivity contribution in [1.29, 1.82) is 0 Å². The fraction of sp³-hybridized carbons (Fsp3) is 0.375. The van der Waals surface area contributed by atoms with Gasteiger partial charge in [-0.2, -0.15) is 0 Å². The van der Waals surface area contributed by atoms with Crippen molar-refractivity contribution in [3.8, 4) is 0 Å². The van der Waals surface area contributed by atoms with Gasteiger partial charge in [0.05, 0.1) is 0 Å². The van der Waals surface area contributed by atoms with Gasteiger partial charge < -0.3 is 15.2 Å². The van der Waals surface area contributed by atoms with Crippen LogP contribution in [-0.4, -0.2) is 34.4 Å². The molecule has 29 heavy (non-hydrogen) atoms. The number of carbonyl (C=O) groups is 1. The van der Waals surface area contributed by atoms with Crippen molar-refractivity contribution in [3.05, 3.63) is 71.7 Å². The van der Waals surface area contributed by atoms with E-state index in [1.807, 2.05) is 47.4 Å². The normalized spacial score (nSPS) is 19.4. The molecule has 1 aliphatic rings. The van der Waals surface area contributed by atoms with Gasteiger partial charge >= 0.3 is 0 Å².